The summed E-state index contributed by atoms with van der Waals surface area (Å²) >= 11 is 0. The maximum absolute atomic E-state index is 7.11. The number of aromatic nitrogens is 4. The monoisotopic (exact) mass is 345 g/mol. The quantitative estimate of drug-likeness (QED) is 0.736. The molecule has 1 saturated carbocycles. The minimum Gasteiger partial charge on any atom is -0.354 e. The second-order valence-electron chi connectivity index (χ2n) is 6.95. The van der Waals surface area contributed by atoms with Crippen molar-refractivity contribution in [2.75, 3.05) is 22.9 Å². The number of aromatic amines is 1. The molecule has 7 heteroatoms. The van der Waals surface area contributed by atoms with E-state index in [1.54, 1.807) is 12.5 Å². The molecule has 2 aliphatic rings. The van der Waals surface area contributed by atoms with Crippen molar-refractivity contribution in [3.63, 3.8) is 0 Å². The Kier molecular flexibility index (Phi) is 3.49. The number of hydrogen-bond donors (Lipinski definition) is 1. The maximum atomic E-state index is 7.11. The molecule has 0 radical (unpaired) electrons. The van der Waals surface area contributed by atoms with Crippen LogP contribution >= 0.6 is 0 Å². The van der Waals surface area contributed by atoms with Gasteiger partial charge >= 0.3 is 0 Å². The van der Waals surface area contributed by atoms with Crippen molar-refractivity contribution in [2.45, 2.75) is 31.3 Å². The molecule has 130 valence electrons. The van der Waals surface area contributed by atoms with Crippen molar-refractivity contribution in [2.24, 2.45) is 0 Å². The highest BCUT2D eigenvalue weighted by Crippen LogP contribution is 2.36. The Morgan fingerprint density at radius 2 is 2.04 bits per heavy atom. The summed E-state index contributed by atoms with van der Waals surface area (Å²) in [7, 11) is 0. The SMILES string of the molecule is [C-]#[N+]c1ccc(N(C2CC2)[C@@H]2CCN(c3ncnc4[nH]ccc34)C2)nc1. The van der Waals surface area contributed by atoms with E-state index >= 15 is 0 Å². The van der Waals surface area contributed by atoms with Crippen LogP contribution in [0.15, 0.2) is 36.9 Å². The van der Waals surface area contributed by atoms with E-state index < -0.39 is 0 Å². The zero-order valence-corrected chi connectivity index (χ0v) is 14.3. The Labute approximate surface area is 151 Å². The molecule has 0 aromatic carbocycles. The first-order chi connectivity index (χ1) is 12.8. The number of H-pyrrole nitrogens is 1. The molecule has 1 atom stereocenters. The van der Waals surface area contributed by atoms with Gasteiger partial charge in [0.1, 0.15) is 23.6 Å². The van der Waals surface area contributed by atoms with E-state index in [1.807, 2.05) is 24.4 Å². The highest BCUT2D eigenvalue weighted by Gasteiger charge is 2.38. The number of anilines is 2. The van der Waals surface area contributed by atoms with E-state index in [4.69, 9.17) is 6.57 Å². The van der Waals surface area contributed by atoms with Gasteiger partial charge in [0.25, 0.3) is 0 Å². The molecule has 0 bridgehead atoms. The van der Waals surface area contributed by atoms with Crippen molar-refractivity contribution >= 4 is 28.4 Å². The lowest BCUT2D eigenvalue weighted by Gasteiger charge is -2.30. The van der Waals surface area contributed by atoms with E-state index in [0.29, 0.717) is 17.8 Å². The summed E-state index contributed by atoms with van der Waals surface area (Å²) in [5, 5.41) is 1.07. The Morgan fingerprint density at radius 1 is 1.12 bits per heavy atom. The van der Waals surface area contributed by atoms with E-state index in [9.17, 15) is 0 Å². The van der Waals surface area contributed by atoms with Gasteiger partial charge in [0.05, 0.1) is 12.0 Å². The highest BCUT2D eigenvalue weighted by atomic mass is 15.3. The van der Waals surface area contributed by atoms with Crippen LogP contribution in [0.4, 0.5) is 17.3 Å². The molecular weight excluding hydrogens is 326 g/mol. The minimum absolute atomic E-state index is 0.415. The third-order valence-electron chi connectivity index (χ3n) is 5.26. The third-order valence-corrected chi connectivity index (χ3v) is 5.26. The van der Waals surface area contributed by atoms with Gasteiger partial charge in [-0.25, -0.2) is 14.8 Å². The summed E-state index contributed by atoms with van der Waals surface area (Å²) in [5.41, 5.74) is 1.47. The van der Waals surface area contributed by atoms with Crippen LogP contribution in [0.3, 0.4) is 0 Å². The van der Waals surface area contributed by atoms with Crippen LogP contribution in [0.1, 0.15) is 19.3 Å². The topological polar surface area (TPSA) is 65.3 Å². The summed E-state index contributed by atoms with van der Waals surface area (Å²) < 4.78 is 0. The molecule has 3 aromatic rings. The molecule has 3 aromatic heterocycles. The Morgan fingerprint density at radius 3 is 2.81 bits per heavy atom. The lowest BCUT2D eigenvalue weighted by Crippen LogP contribution is -2.40. The van der Waals surface area contributed by atoms with Gasteiger partial charge in [-0.2, -0.15) is 0 Å². The van der Waals surface area contributed by atoms with E-state index in [2.05, 4.69) is 34.6 Å². The van der Waals surface area contributed by atoms with Gasteiger partial charge in [0.2, 0.25) is 5.69 Å². The van der Waals surface area contributed by atoms with Crippen LogP contribution in [0.25, 0.3) is 15.9 Å². The fourth-order valence-corrected chi connectivity index (χ4v) is 3.89. The average Bonchev–Trinajstić information content (AvgIpc) is 3.19. The number of hydrogen-bond acceptors (Lipinski definition) is 5. The van der Waals surface area contributed by atoms with Crippen LogP contribution in [-0.2, 0) is 0 Å². The lowest BCUT2D eigenvalue weighted by atomic mass is 10.2. The number of rotatable bonds is 4. The molecule has 1 N–H and O–H groups in total. The van der Waals surface area contributed by atoms with Gasteiger partial charge in [0.15, 0.2) is 0 Å². The summed E-state index contributed by atoms with van der Waals surface area (Å²) in [6.07, 6.45) is 8.74. The Balaban J connectivity index is 1.41. The standard InChI is InChI=1S/C19H19N7/c1-20-13-2-5-17(22-10-13)26(14-3-4-14)15-7-9-25(11-15)19-16-6-8-21-18(16)23-12-24-19/h2,5-6,8,10,12,14-15H,3-4,7,9,11H2,(H,21,23,24)/t15-/m1/s1. The molecule has 7 nitrogen and oxygen atoms in total. The summed E-state index contributed by atoms with van der Waals surface area (Å²) in [5.74, 6) is 1.99. The largest absolute Gasteiger partial charge is 0.354 e. The minimum atomic E-state index is 0.415. The number of pyridine rings is 1. The molecule has 5 rings (SSSR count). The lowest BCUT2D eigenvalue weighted by molar-refractivity contribution is 0.626. The first kappa shape index (κ1) is 15.1. The van der Waals surface area contributed by atoms with E-state index in [0.717, 1.165) is 42.2 Å². The molecule has 26 heavy (non-hydrogen) atoms. The van der Waals surface area contributed by atoms with Crippen molar-refractivity contribution in [3.8, 4) is 0 Å². The van der Waals surface area contributed by atoms with Gasteiger partial charge in [-0.05, 0) is 31.4 Å². The van der Waals surface area contributed by atoms with E-state index in [1.165, 1.54) is 12.8 Å². The highest BCUT2D eigenvalue weighted by molar-refractivity contribution is 5.87. The second kappa shape index (κ2) is 5.99. The summed E-state index contributed by atoms with van der Waals surface area (Å²) in [6.45, 7) is 9.02. The van der Waals surface area contributed by atoms with Gasteiger partial charge in [-0.1, -0.05) is 6.07 Å². The second-order valence-corrected chi connectivity index (χ2v) is 6.95. The van der Waals surface area contributed by atoms with Crippen LogP contribution in [0.2, 0.25) is 0 Å². The molecule has 1 saturated heterocycles. The third kappa shape index (κ3) is 2.54. The van der Waals surface area contributed by atoms with Gasteiger partial charge in [-0.15, -0.1) is 0 Å². The van der Waals surface area contributed by atoms with Crippen molar-refractivity contribution in [1.29, 1.82) is 0 Å². The maximum Gasteiger partial charge on any atom is 0.205 e. The fourth-order valence-electron chi connectivity index (χ4n) is 3.89. The molecule has 0 unspecified atom stereocenters. The average molecular weight is 345 g/mol. The number of nitrogens with one attached hydrogen (secondary N) is 1. The molecule has 0 spiro atoms. The number of nitrogens with zero attached hydrogens (tertiary/aromatic N) is 6. The normalized spacial score (nSPS) is 19.7. The van der Waals surface area contributed by atoms with Crippen LogP contribution in [0, 0.1) is 6.57 Å². The molecular formula is C19H19N7. The molecule has 1 aliphatic heterocycles. The first-order valence-electron chi connectivity index (χ1n) is 8.98. The van der Waals surface area contributed by atoms with Crippen LogP contribution in [-0.4, -0.2) is 45.1 Å². The van der Waals surface area contributed by atoms with Crippen LogP contribution < -0.4 is 9.80 Å². The molecule has 4 heterocycles. The summed E-state index contributed by atoms with van der Waals surface area (Å²) in [6, 6.07) is 6.89. The Bertz CT molecular complexity index is 967. The first-order valence-corrected chi connectivity index (χ1v) is 8.98. The van der Waals surface area contributed by atoms with Gasteiger partial charge < -0.3 is 14.8 Å². The Hall–Kier alpha value is -3.14. The zero-order valence-electron chi connectivity index (χ0n) is 14.3. The zero-order chi connectivity index (χ0) is 17.5. The number of fused-ring (bicyclic) bond motifs is 1. The van der Waals surface area contributed by atoms with Gasteiger partial charge in [0, 0.05) is 37.6 Å². The van der Waals surface area contributed by atoms with E-state index in [-0.39, 0.29) is 0 Å². The molecule has 2 fully saturated rings. The fraction of sp³-hybridized carbons (Fsp3) is 0.368. The predicted octanol–water partition coefficient (Wildman–Crippen LogP) is 3.15. The molecule has 1 aliphatic carbocycles. The predicted molar refractivity (Wildman–Crippen MR) is 101 cm³/mol. The van der Waals surface area contributed by atoms with Crippen molar-refractivity contribution < 1.29 is 0 Å². The van der Waals surface area contributed by atoms with Gasteiger partial charge in [-0.3, -0.25) is 4.98 Å². The van der Waals surface area contributed by atoms with Crippen molar-refractivity contribution in [3.05, 3.63) is 48.3 Å². The smallest absolute Gasteiger partial charge is 0.205 e. The van der Waals surface area contributed by atoms with Crippen LogP contribution in [0.5, 0.6) is 0 Å². The summed E-state index contributed by atoms with van der Waals surface area (Å²) in [4.78, 5) is 24.8. The molecule has 0 amide bonds. The van der Waals surface area contributed by atoms with Crippen molar-refractivity contribution in [1.82, 2.24) is 19.9 Å².